The van der Waals surface area contributed by atoms with E-state index in [-0.39, 0.29) is 37.0 Å². The molecule has 23 heavy (non-hydrogen) atoms. The molecular weight excluding hydrogens is 296 g/mol. The van der Waals surface area contributed by atoms with Crippen LogP contribution < -0.4 is 0 Å². The maximum Gasteiger partial charge on any atom is 0.229 e. The standard InChI is InChI=1S/C17H20N2O4/c20-10-11-7-14-16(8-11)22-6-5-19(14)17(21)9-13-12-3-1-2-4-15(12)23-18-13/h1-4,11,14,16,20H,5-10H2/t11-,14+,16+/m1/s1. The lowest BCUT2D eigenvalue weighted by molar-refractivity contribution is -0.143. The van der Waals surface area contributed by atoms with Crippen molar-refractivity contribution in [2.75, 3.05) is 19.8 Å². The molecule has 1 aliphatic heterocycles. The molecule has 1 aromatic heterocycles. The molecule has 1 amide bonds. The minimum atomic E-state index is 0.0545. The van der Waals surface area contributed by atoms with Crippen LogP contribution in [0.2, 0.25) is 0 Å². The van der Waals surface area contributed by atoms with Gasteiger partial charge in [0.2, 0.25) is 5.91 Å². The molecule has 2 fully saturated rings. The molecule has 1 N–H and O–H groups in total. The van der Waals surface area contributed by atoms with Crippen LogP contribution in [0.5, 0.6) is 0 Å². The number of hydrogen-bond donors (Lipinski definition) is 1. The van der Waals surface area contributed by atoms with Gasteiger partial charge in [-0.15, -0.1) is 0 Å². The molecule has 1 saturated carbocycles. The van der Waals surface area contributed by atoms with Crippen LogP contribution in [-0.2, 0) is 16.0 Å². The summed E-state index contributed by atoms with van der Waals surface area (Å²) in [6.07, 6.45) is 1.94. The number of para-hydroxylation sites is 1. The number of rotatable bonds is 3. The quantitative estimate of drug-likeness (QED) is 0.925. The average molecular weight is 316 g/mol. The number of amides is 1. The molecule has 2 heterocycles. The first-order valence-electron chi connectivity index (χ1n) is 8.11. The zero-order valence-corrected chi connectivity index (χ0v) is 12.9. The monoisotopic (exact) mass is 316 g/mol. The Bertz CT molecular complexity index is 713. The van der Waals surface area contributed by atoms with E-state index in [0.717, 1.165) is 18.2 Å². The summed E-state index contributed by atoms with van der Waals surface area (Å²) in [5, 5.41) is 14.3. The van der Waals surface area contributed by atoms with E-state index in [4.69, 9.17) is 9.26 Å². The van der Waals surface area contributed by atoms with Crippen LogP contribution in [-0.4, -0.2) is 53.0 Å². The SMILES string of the molecule is O=C(Cc1noc2ccccc12)N1CCO[C@H]2C[C@H](CO)C[C@@H]21. The van der Waals surface area contributed by atoms with E-state index >= 15 is 0 Å². The van der Waals surface area contributed by atoms with Crippen molar-refractivity contribution < 1.29 is 19.2 Å². The van der Waals surface area contributed by atoms with Crippen molar-refractivity contribution in [1.82, 2.24) is 10.1 Å². The minimum absolute atomic E-state index is 0.0545. The molecule has 0 radical (unpaired) electrons. The van der Waals surface area contributed by atoms with Crippen molar-refractivity contribution >= 4 is 16.9 Å². The van der Waals surface area contributed by atoms with Gasteiger partial charge < -0.3 is 19.3 Å². The summed E-state index contributed by atoms with van der Waals surface area (Å²) in [7, 11) is 0. The number of ether oxygens (including phenoxy) is 1. The van der Waals surface area contributed by atoms with E-state index in [2.05, 4.69) is 5.16 Å². The number of aliphatic hydroxyl groups excluding tert-OH is 1. The van der Waals surface area contributed by atoms with E-state index in [9.17, 15) is 9.90 Å². The van der Waals surface area contributed by atoms with Gasteiger partial charge in [-0.25, -0.2) is 0 Å². The maximum atomic E-state index is 12.8. The number of nitrogens with zero attached hydrogens (tertiary/aromatic N) is 2. The lowest BCUT2D eigenvalue weighted by Crippen LogP contribution is -2.51. The molecule has 1 saturated heterocycles. The maximum absolute atomic E-state index is 12.8. The second kappa shape index (κ2) is 5.94. The summed E-state index contributed by atoms with van der Waals surface area (Å²) in [5.74, 6) is 0.284. The number of morpholine rings is 1. The molecule has 0 unspecified atom stereocenters. The second-order valence-electron chi connectivity index (χ2n) is 6.39. The number of carbonyl (C=O) groups excluding carboxylic acids is 1. The van der Waals surface area contributed by atoms with Gasteiger partial charge in [0.05, 0.1) is 25.2 Å². The summed E-state index contributed by atoms with van der Waals surface area (Å²) >= 11 is 0. The Hall–Kier alpha value is -1.92. The summed E-state index contributed by atoms with van der Waals surface area (Å²) < 4.78 is 11.1. The van der Waals surface area contributed by atoms with E-state index < -0.39 is 0 Å². The van der Waals surface area contributed by atoms with Gasteiger partial charge in [0.15, 0.2) is 5.58 Å². The third-order valence-electron chi connectivity index (χ3n) is 4.98. The fourth-order valence-corrected chi connectivity index (χ4v) is 3.82. The molecule has 1 aliphatic carbocycles. The first kappa shape index (κ1) is 14.7. The predicted octanol–water partition coefficient (Wildman–Crippen LogP) is 1.37. The minimum Gasteiger partial charge on any atom is -0.396 e. The van der Waals surface area contributed by atoms with Crippen molar-refractivity contribution in [2.24, 2.45) is 5.92 Å². The van der Waals surface area contributed by atoms with Crippen LogP contribution in [0.3, 0.4) is 0 Å². The van der Waals surface area contributed by atoms with E-state index in [1.54, 1.807) is 0 Å². The highest BCUT2D eigenvalue weighted by Gasteiger charge is 2.42. The van der Waals surface area contributed by atoms with Gasteiger partial charge in [0, 0.05) is 18.5 Å². The molecule has 2 aromatic rings. The highest BCUT2D eigenvalue weighted by Crippen LogP contribution is 2.34. The van der Waals surface area contributed by atoms with Gasteiger partial charge in [-0.2, -0.15) is 0 Å². The van der Waals surface area contributed by atoms with Gasteiger partial charge in [-0.3, -0.25) is 4.79 Å². The summed E-state index contributed by atoms with van der Waals surface area (Å²) in [6.45, 7) is 1.32. The van der Waals surface area contributed by atoms with E-state index in [0.29, 0.717) is 24.4 Å². The molecule has 2 aliphatic rings. The van der Waals surface area contributed by atoms with Crippen molar-refractivity contribution in [2.45, 2.75) is 31.4 Å². The lowest BCUT2D eigenvalue weighted by Gasteiger charge is -2.37. The van der Waals surface area contributed by atoms with Crippen molar-refractivity contribution in [3.05, 3.63) is 30.0 Å². The van der Waals surface area contributed by atoms with Gasteiger partial charge in [-0.05, 0) is 30.9 Å². The molecule has 6 nitrogen and oxygen atoms in total. The largest absolute Gasteiger partial charge is 0.396 e. The van der Waals surface area contributed by atoms with Crippen molar-refractivity contribution in [1.29, 1.82) is 0 Å². The fraction of sp³-hybridized carbons (Fsp3) is 0.529. The number of benzene rings is 1. The van der Waals surface area contributed by atoms with Crippen LogP contribution in [0, 0.1) is 5.92 Å². The van der Waals surface area contributed by atoms with E-state index in [1.165, 1.54) is 0 Å². The Balaban J connectivity index is 1.52. The Morgan fingerprint density at radius 1 is 1.35 bits per heavy atom. The Morgan fingerprint density at radius 2 is 2.22 bits per heavy atom. The van der Waals surface area contributed by atoms with Crippen LogP contribution in [0.25, 0.3) is 11.0 Å². The summed E-state index contributed by atoms with van der Waals surface area (Å²) in [6, 6.07) is 7.66. The molecular formula is C17H20N2O4. The van der Waals surface area contributed by atoms with Gasteiger partial charge in [0.1, 0.15) is 5.69 Å². The Morgan fingerprint density at radius 3 is 3.09 bits per heavy atom. The molecule has 3 atom stereocenters. The zero-order valence-electron chi connectivity index (χ0n) is 12.9. The topological polar surface area (TPSA) is 75.8 Å². The summed E-state index contributed by atoms with van der Waals surface area (Å²) in [5.41, 5.74) is 1.39. The average Bonchev–Trinajstić information content (AvgIpc) is 3.18. The lowest BCUT2D eigenvalue weighted by atomic mass is 10.1. The van der Waals surface area contributed by atoms with Crippen LogP contribution in [0.4, 0.5) is 0 Å². The highest BCUT2D eigenvalue weighted by molar-refractivity contribution is 5.86. The summed E-state index contributed by atoms with van der Waals surface area (Å²) in [4.78, 5) is 14.7. The van der Waals surface area contributed by atoms with Gasteiger partial charge >= 0.3 is 0 Å². The molecule has 0 spiro atoms. The van der Waals surface area contributed by atoms with Crippen molar-refractivity contribution in [3.8, 4) is 0 Å². The fourth-order valence-electron chi connectivity index (χ4n) is 3.82. The van der Waals surface area contributed by atoms with E-state index in [1.807, 2.05) is 29.2 Å². The number of fused-ring (bicyclic) bond motifs is 2. The zero-order chi connectivity index (χ0) is 15.8. The number of aliphatic hydroxyl groups is 1. The molecule has 122 valence electrons. The molecule has 1 aromatic carbocycles. The predicted molar refractivity (Wildman–Crippen MR) is 82.8 cm³/mol. The van der Waals surface area contributed by atoms with Gasteiger partial charge in [0.25, 0.3) is 0 Å². The first-order chi connectivity index (χ1) is 11.3. The Kier molecular flexibility index (Phi) is 3.79. The highest BCUT2D eigenvalue weighted by atomic mass is 16.5. The second-order valence-corrected chi connectivity index (χ2v) is 6.39. The third kappa shape index (κ3) is 2.62. The number of aromatic nitrogens is 1. The Labute approximate surface area is 134 Å². The molecule has 0 bridgehead atoms. The smallest absolute Gasteiger partial charge is 0.229 e. The van der Waals surface area contributed by atoms with Gasteiger partial charge in [-0.1, -0.05) is 17.3 Å². The van der Waals surface area contributed by atoms with Crippen LogP contribution in [0.1, 0.15) is 18.5 Å². The van der Waals surface area contributed by atoms with Crippen LogP contribution >= 0.6 is 0 Å². The number of hydrogen-bond acceptors (Lipinski definition) is 5. The van der Waals surface area contributed by atoms with Crippen molar-refractivity contribution in [3.63, 3.8) is 0 Å². The third-order valence-corrected chi connectivity index (χ3v) is 4.98. The van der Waals surface area contributed by atoms with Crippen LogP contribution in [0.15, 0.2) is 28.8 Å². The normalized spacial score (nSPS) is 27.3. The molecule has 4 rings (SSSR count). The first-order valence-corrected chi connectivity index (χ1v) is 8.11. The molecule has 6 heteroatoms. The number of carbonyl (C=O) groups is 1.